The molecular weight excluding hydrogens is 410 g/mol. The smallest absolute Gasteiger partial charge is 0.279 e. The highest BCUT2D eigenvalue weighted by atomic mass is 32.1. The number of carbonyl (C=O) groups is 1. The van der Waals surface area contributed by atoms with E-state index in [4.69, 9.17) is 4.74 Å². The average molecular weight is 429 g/mol. The largest absolute Gasteiger partial charge is 0.379 e. The van der Waals surface area contributed by atoms with Crippen LogP contribution in [0, 0.1) is 17.0 Å². The number of benzene rings is 1. The van der Waals surface area contributed by atoms with Gasteiger partial charge in [-0.2, -0.15) is 0 Å². The third-order valence-corrected chi connectivity index (χ3v) is 5.46. The number of aromatic nitrogens is 4. The lowest BCUT2D eigenvalue weighted by Gasteiger charge is -2.25. The second-order valence-corrected chi connectivity index (χ2v) is 7.56. The van der Waals surface area contributed by atoms with Crippen LogP contribution < -0.4 is 5.32 Å². The zero-order chi connectivity index (χ0) is 21.1. The maximum absolute atomic E-state index is 12.7. The summed E-state index contributed by atoms with van der Waals surface area (Å²) in [5.41, 5.74) is 1.87. The van der Waals surface area contributed by atoms with Gasteiger partial charge in [-0.25, -0.2) is 9.67 Å². The average Bonchev–Trinajstić information content (AvgIpc) is 3.35. The van der Waals surface area contributed by atoms with E-state index in [1.165, 1.54) is 28.2 Å². The maximum Gasteiger partial charge on any atom is 0.279 e. The van der Waals surface area contributed by atoms with E-state index in [1.54, 1.807) is 19.1 Å². The van der Waals surface area contributed by atoms with E-state index < -0.39 is 10.8 Å². The lowest BCUT2D eigenvalue weighted by molar-refractivity contribution is -0.384. The highest BCUT2D eigenvalue weighted by molar-refractivity contribution is 7.13. The summed E-state index contributed by atoms with van der Waals surface area (Å²) in [6.45, 7) is 5.54. The number of anilines is 1. The SMILES string of the molecule is Cc1c(C(=O)Nc2nc(CN3CCOCC3)cs2)nnn1-c1cccc([N+](=O)[O-])c1. The summed E-state index contributed by atoms with van der Waals surface area (Å²) in [7, 11) is 0. The van der Waals surface area contributed by atoms with Gasteiger partial charge in [0.25, 0.3) is 11.6 Å². The third kappa shape index (κ3) is 4.35. The lowest BCUT2D eigenvalue weighted by Crippen LogP contribution is -2.35. The Labute approximate surface area is 175 Å². The van der Waals surface area contributed by atoms with Gasteiger partial charge in [0.1, 0.15) is 0 Å². The van der Waals surface area contributed by atoms with Crippen LogP contribution in [0.2, 0.25) is 0 Å². The highest BCUT2D eigenvalue weighted by Crippen LogP contribution is 2.21. The number of hydrogen-bond donors (Lipinski definition) is 1. The summed E-state index contributed by atoms with van der Waals surface area (Å²) in [4.78, 5) is 29.9. The lowest BCUT2D eigenvalue weighted by atomic mass is 10.2. The molecule has 0 saturated carbocycles. The van der Waals surface area contributed by atoms with Gasteiger partial charge >= 0.3 is 0 Å². The van der Waals surface area contributed by atoms with Gasteiger partial charge in [0.15, 0.2) is 10.8 Å². The molecule has 0 atom stereocenters. The Balaban J connectivity index is 1.46. The van der Waals surface area contributed by atoms with Crippen LogP contribution in [0.25, 0.3) is 5.69 Å². The predicted molar refractivity (Wildman–Crippen MR) is 109 cm³/mol. The number of nitrogens with zero attached hydrogens (tertiary/aromatic N) is 6. The molecule has 30 heavy (non-hydrogen) atoms. The van der Waals surface area contributed by atoms with Crippen LogP contribution in [-0.4, -0.2) is 62.0 Å². The van der Waals surface area contributed by atoms with E-state index in [1.807, 2.05) is 5.38 Å². The van der Waals surface area contributed by atoms with Gasteiger partial charge in [-0.3, -0.25) is 25.1 Å². The molecule has 12 heteroatoms. The van der Waals surface area contributed by atoms with Crippen LogP contribution in [-0.2, 0) is 11.3 Å². The summed E-state index contributed by atoms with van der Waals surface area (Å²) in [6.07, 6.45) is 0. The van der Waals surface area contributed by atoms with Crippen LogP contribution in [0.15, 0.2) is 29.6 Å². The van der Waals surface area contributed by atoms with Crippen molar-refractivity contribution in [2.24, 2.45) is 0 Å². The Bertz CT molecular complexity index is 1070. The number of nitro groups is 1. The molecule has 0 bridgehead atoms. The molecule has 0 unspecified atom stereocenters. The first-order valence-corrected chi connectivity index (χ1v) is 10.1. The number of thiazole rings is 1. The van der Waals surface area contributed by atoms with Crippen LogP contribution in [0.5, 0.6) is 0 Å². The molecular formula is C18H19N7O4S. The number of morpholine rings is 1. The van der Waals surface area contributed by atoms with Gasteiger partial charge in [-0.05, 0) is 13.0 Å². The number of rotatable bonds is 6. The zero-order valence-corrected chi connectivity index (χ0v) is 17.0. The fourth-order valence-electron chi connectivity index (χ4n) is 3.10. The molecule has 1 aliphatic rings. The standard InChI is InChI=1S/C18H19N7O4S/c1-12-16(21-22-24(12)14-3-2-4-15(9-14)25(27)28)17(26)20-18-19-13(11-30-18)10-23-5-7-29-8-6-23/h2-4,9,11H,5-8,10H2,1H3,(H,19,20,26). The summed E-state index contributed by atoms with van der Waals surface area (Å²) < 4.78 is 6.74. The molecule has 1 amide bonds. The molecule has 0 radical (unpaired) electrons. The minimum Gasteiger partial charge on any atom is -0.379 e. The minimum absolute atomic E-state index is 0.0658. The van der Waals surface area contributed by atoms with Crippen molar-refractivity contribution in [1.29, 1.82) is 0 Å². The maximum atomic E-state index is 12.7. The van der Waals surface area contributed by atoms with Gasteiger partial charge in [0, 0.05) is 37.1 Å². The van der Waals surface area contributed by atoms with Crippen LogP contribution in [0.3, 0.4) is 0 Å². The first-order valence-electron chi connectivity index (χ1n) is 9.24. The number of carbonyl (C=O) groups excluding carboxylic acids is 1. The van der Waals surface area contributed by atoms with Crippen molar-refractivity contribution < 1.29 is 14.5 Å². The Morgan fingerprint density at radius 3 is 2.93 bits per heavy atom. The number of non-ortho nitro benzene ring substituents is 1. The summed E-state index contributed by atoms with van der Waals surface area (Å²) in [6, 6.07) is 5.98. The predicted octanol–water partition coefficient (Wildman–Crippen LogP) is 2.02. The van der Waals surface area contributed by atoms with Crippen LogP contribution in [0.1, 0.15) is 21.9 Å². The van der Waals surface area contributed by atoms with Crippen LogP contribution in [0.4, 0.5) is 10.8 Å². The van der Waals surface area contributed by atoms with Crippen molar-refractivity contribution in [2.45, 2.75) is 13.5 Å². The van der Waals surface area contributed by atoms with E-state index in [2.05, 4.69) is 25.5 Å². The van der Waals surface area contributed by atoms with E-state index in [0.717, 1.165) is 18.8 Å². The molecule has 1 aromatic carbocycles. The van der Waals surface area contributed by atoms with E-state index in [9.17, 15) is 14.9 Å². The normalized spacial score (nSPS) is 14.6. The minimum atomic E-state index is -0.486. The van der Waals surface area contributed by atoms with E-state index in [-0.39, 0.29) is 11.4 Å². The van der Waals surface area contributed by atoms with E-state index >= 15 is 0 Å². The molecule has 1 aliphatic heterocycles. The van der Waals surface area contributed by atoms with Crippen molar-refractivity contribution in [3.63, 3.8) is 0 Å². The van der Waals surface area contributed by atoms with Crippen molar-refractivity contribution in [1.82, 2.24) is 24.9 Å². The molecule has 3 aromatic rings. The molecule has 1 fully saturated rings. The van der Waals surface area contributed by atoms with Gasteiger partial charge < -0.3 is 4.74 Å². The van der Waals surface area contributed by atoms with Crippen molar-refractivity contribution >= 4 is 28.1 Å². The highest BCUT2D eigenvalue weighted by Gasteiger charge is 2.20. The molecule has 1 saturated heterocycles. The second kappa shape index (κ2) is 8.65. The van der Waals surface area contributed by atoms with Gasteiger partial charge in [0.05, 0.1) is 35.2 Å². The molecule has 1 N–H and O–H groups in total. The van der Waals surface area contributed by atoms with Crippen LogP contribution >= 0.6 is 11.3 Å². The number of ether oxygens (including phenoxy) is 1. The Morgan fingerprint density at radius 2 is 2.17 bits per heavy atom. The molecule has 2 aromatic heterocycles. The molecule has 156 valence electrons. The number of hydrogen-bond acceptors (Lipinski definition) is 9. The third-order valence-electron chi connectivity index (χ3n) is 4.66. The van der Waals surface area contributed by atoms with Crippen molar-refractivity contribution in [3.8, 4) is 5.69 Å². The Kier molecular flexibility index (Phi) is 5.79. The van der Waals surface area contributed by atoms with Crippen molar-refractivity contribution in [2.75, 3.05) is 31.6 Å². The topological polar surface area (TPSA) is 128 Å². The second-order valence-electron chi connectivity index (χ2n) is 6.70. The molecule has 0 aliphatic carbocycles. The fraction of sp³-hybridized carbons (Fsp3) is 0.333. The summed E-state index contributed by atoms with van der Waals surface area (Å²) in [5.74, 6) is -0.434. The molecule has 4 rings (SSSR count). The number of amides is 1. The quantitative estimate of drug-likeness (QED) is 0.466. The molecule has 0 spiro atoms. The molecule has 11 nitrogen and oxygen atoms in total. The van der Waals surface area contributed by atoms with Gasteiger partial charge in [0.2, 0.25) is 0 Å². The number of nitrogens with one attached hydrogen (secondary N) is 1. The fourth-order valence-corrected chi connectivity index (χ4v) is 3.80. The monoisotopic (exact) mass is 429 g/mol. The van der Waals surface area contributed by atoms with Gasteiger partial charge in [-0.1, -0.05) is 11.3 Å². The summed E-state index contributed by atoms with van der Waals surface area (Å²) in [5, 5.41) is 24.1. The van der Waals surface area contributed by atoms with Crippen molar-refractivity contribution in [3.05, 3.63) is 56.8 Å². The Morgan fingerprint density at radius 1 is 1.37 bits per heavy atom. The zero-order valence-electron chi connectivity index (χ0n) is 16.1. The molecule has 3 heterocycles. The Hall–Kier alpha value is -3.22. The van der Waals surface area contributed by atoms with Gasteiger partial charge in [-0.15, -0.1) is 16.4 Å². The summed E-state index contributed by atoms with van der Waals surface area (Å²) >= 11 is 1.34. The van der Waals surface area contributed by atoms with E-state index in [0.29, 0.717) is 36.3 Å². The first-order chi connectivity index (χ1) is 14.5. The first kappa shape index (κ1) is 20.1. The number of nitro benzene ring substituents is 1.